The molecule has 1 saturated heterocycles. The lowest BCUT2D eigenvalue weighted by molar-refractivity contribution is -0.137. The zero-order chi connectivity index (χ0) is 15.8. The van der Waals surface area contributed by atoms with Gasteiger partial charge in [0, 0.05) is 30.5 Å². The highest BCUT2D eigenvalue weighted by atomic mass is 19.4. The van der Waals surface area contributed by atoms with Crippen LogP contribution < -0.4 is 11.1 Å². The minimum Gasteiger partial charge on any atom is -0.399 e. The molecule has 21 heavy (non-hydrogen) atoms. The molecule has 4 nitrogen and oxygen atoms in total. The van der Waals surface area contributed by atoms with Gasteiger partial charge in [0.2, 0.25) is 5.91 Å². The maximum absolute atomic E-state index is 12.7. The van der Waals surface area contributed by atoms with Crippen LogP contribution in [0.25, 0.3) is 0 Å². The van der Waals surface area contributed by atoms with Crippen LogP contribution in [0.5, 0.6) is 0 Å². The van der Waals surface area contributed by atoms with E-state index in [0.717, 1.165) is 12.1 Å². The standard InChI is InChI=1S/C14H18F3N3O/c1-8(2)20-6-9(7-20)13(21)19-12-4-10(14(15,16)17)3-11(18)5-12/h3-5,8-9H,6-7,18H2,1-2H3,(H,19,21). The molecular weight excluding hydrogens is 283 g/mol. The third kappa shape index (κ3) is 3.66. The molecule has 1 aromatic carbocycles. The number of benzene rings is 1. The van der Waals surface area contributed by atoms with Crippen molar-refractivity contribution in [1.29, 1.82) is 0 Å². The first kappa shape index (κ1) is 15.6. The van der Waals surface area contributed by atoms with Crippen LogP contribution in [0.15, 0.2) is 18.2 Å². The summed E-state index contributed by atoms with van der Waals surface area (Å²) in [6, 6.07) is 3.43. The van der Waals surface area contributed by atoms with Crippen LogP contribution in [0.2, 0.25) is 0 Å². The fourth-order valence-electron chi connectivity index (χ4n) is 2.23. The van der Waals surface area contributed by atoms with Gasteiger partial charge in [0.05, 0.1) is 11.5 Å². The Morgan fingerprint density at radius 1 is 1.33 bits per heavy atom. The summed E-state index contributed by atoms with van der Waals surface area (Å²) in [5.74, 6) is -0.464. The van der Waals surface area contributed by atoms with Crippen LogP contribution in [-0.2, 0) is 11.0 Å². The summed E-state index contributed by atoms with van der Waals surface area (Å²) in [6.07, 6.45) is -4.49. The number of nitrogens with zero attached hydrogens (tertiary/aromatic N) is 1. The van der Waals surface area contributed by atoms with E-state index in [1.54, 1.807) is 0 Å². The Morgan fingerprint density at radius 2 is 1.95 bits per heavy atom. The van der Waals surface area contributed by atoms with Crippen molar-refractivity contribution >= 4 is 17.3 Å². The number of nitrogens with one attached hydrogen (secondary N) is 1. The zero-order valence-electron chi connectivity index (χ0n) is 11.9. The molecule has 0 bridgehead atoms. The second-order valence-corrected chi connectivity index (χ2v) is 5.58. The van der Waals surface area contributed by atoms with Crippen molar-refractivity contribution in [3.8, 4) is 0 Å². The Kier molecular flexibility index (Phi) is 4.13. The molecule has 1 heterocycles. The van der Waals surface area contributed by atoms with Gasteiger partial charge in [-0.05, 0) is 32.0 Å². The third-order valence-electron chi connectivity index (χ3n) is 3.56. The quantitative estimate of drug-likeness (QED) is 0.844. The molecule has 0 radical (unpaired) electrons. The molecule has 1 aliphatic heterocycles. The molecule has 0 spiro atoms. The fourth-order valence-corrected chi connectivity index (χ4v) is 2.23. The number of halogens is 3. The molecule has 0 aromatic heterocycles. The molecule has 1 aromatic rings. The molecule has 1 fully saturated rings. The Bertz CT molecular complexity index is 537. The molecule has 7 heteroatoms. The number of likely N-dealkylation sites (tertiary alicyclic amines) is 1. The summed E-state index contributed by atoms with van der Waals surface area (Å²) in [5.41, 5.74) is 4.64. The summed E-state index contributed by atoms with van der Waals surface area (Å²) >= 11 is 0. The van der Waals surface area contributed by atoms with Crippen molar-refractivity contribution in [1.82, 2.24) is 4.90 Å². The van der Waals surface area contributed by atoms with Crippen molar-refractivity contribution in [2.24, 2.45) is 5.92 Å². The third-order valence-corrected chi connectivity index (χ3v) is 3.56. The van der Waals surface area contributed by atoms with Crippen LogP contribution in [0.4, 0.5) is 24.5 Å². The predicted octanol–water partition coefficient (Wildman–Crippen LogP) is 2.57. The van der Waals surface area contributed by atoms with E-state index in [-0.39, 0.29) is 23.2 Å². The van der Waals surface area contributed by atoms with Gasteiger partial charge < -0.3 is 11.1 Å². The van der Waals surface area contributed by atoms with Gasteiger partial charge >= 0.3 is 6.18 Å². The van der Waals surface area contributed by atoms with Crippen LogP contribution in [0.3, 0.4) is 0 Å². The molecule has 1 aliphatic rings. The minimum absolute atomic E-state index is 0.0301. The lowest BCUT2D eigenvalue weighted by atomic mass is 9.97. The van der Waals surface area contributed by atoms with Gasteiger partial charge in [0.1, 0.15) is 0 Å². The SMILES string of the molecule is CC(C)N1CC(C(=O)Nc2cc(N)cc(C(F)(F)F)c2)C1. The number of nitrogens with two attached hydrogens (primary N) is 1. The maximum atomic E-state index is 12.7. The second-order valence-electron chi connectivity index (χ2n) is 5.58. The normalized spacial score (nSPS) is 16.9. The first-order valence-corrected chi connectivity index (χ1v) is 6.69. The second kappa shape index (κ2) is 5.55. The van der Waals surface area contributed by atoms with Crippen LogP contribution >= 0.6 is 0 Å². The van der Waals surface area contributed by atoms with Crippen molar-refractivity contribution in [2.75, 3.05) is 24.1 Å². The summed E-state index contributed by atoms with van der Waals surface area (Å²) in [7, 11) is 0. The monoisotopic (exact) mass is 301 g/mol. The van der Waals surface area contributed by atoms with E-state index in [2.05, 4.69) is 10.2 Å². The molecule has 1 amide bonds. The van der Waals surface area contributed by atoms with Crippen molar-refractivity contribution < 1.29 is 18.0 Å². The lowest BCUT2D eigenvalue weighted by Crippen LogP contribution is -2.54. The fraction of sp³-hybridized carbons (Fsp3) is 0.500. The van der Waals surface area contributed by atoms with E-state index >= 15 is 0 Å². The molecule has 0 atom stereocenters. The number of amides is 1. The molecule has 116 valence electrons. The Hall–Kier alpha value is -1.76. The van der Waals surface area contributed by atoms with Gasteiger partial charge in [0.25, 0.3) is 0 Å². The zero-order valence-corrected chi connectivity index (χ0v) is 11.9. The van der Waals surface area contributed by atoms with Crippen molar-refractivity contribution in [2.45, 2.75) is 26.1 Å². The Labute approximate surface area is 121 Å². The van der Waals surface area contributed by atoms with Gasteiger partial charge in [-0.1, -0.05) is 0 Å². The Balaban J connectivity index is 2.03. The van der Waals surface area contributed by atoms with Gasteiger partial charge in [-0.15, -0.1) is 0 Å². The number of hydrogen-bond donors (Lipinski definition) is 2. The number of carbonyl (C=O) groups is 1. The van der Waals surface area contributed by atoms with Gasteiger partial charge in [-0.3, -0.25) is 9.69 Å². The number of hydrogen-bond acceptors (Lipinski definition) is 3. The van der Waals surface area contributed by atoms with E-state index in [1.165, 1.54) is 6.07 Å². The molecular formula is C14H18F3N3O. The highest BCUT2D eigenvalue weighted by Gasteiger charge is 2.35. The number of rotatable bonds is 3. The van der Waals surface area contributed by atoms with Crippen LogP contribution in [-0.4, -0.2) is 29.9 Å². The minimum atomic E-state index is -4.49. The highest BCUT2D eigenvalue weighted by Crippen LogP contribution is 2.33. The number of nitrogen functional groups attached to an aromatic ring is 1. The van der Waals surface area contributed by atoms with Crippen LogP contribution in [0, 0.1) is 5.92 Å². The molecule has 3 N–H and O–H groups in total. The summed E-state index contributed by atoms with van der Waals surface area (Å²) < 4.78 is 38.1. The lowest BCUT2D eigenvalue weighted by Gasteiger charge is -2.41. The number of carbonyl (C=O) groups excluding carboxylic acids is 1. The number of alkyl halides is 3. The average Bonchev–Trinajstić information content (AvgIpc) is 2.23. The number of anilines is 2. The topological polar surface area (TPSA) is 58.4 Å². The largest absolute Gasteiger partial charge is 0.416 e. The highest BCUT2D eigenvalue weighted by molar-refractivity contribution is 5.94. The van der Waals surface area contributed by atoms with E-state index in [9.17, 15) is 18.0 Å². The van der Waals surface area contributed by atoms with Crippen molar-refractivity contribution in [3.63, 3.8) is 0 Å². The van der Waals surface area contributed by atoms with E-state index < -0.39 is 11.7 Å². The van der Waals surface area contributed by atoms with Gasteiger partial charge in [0.15, 0.2) is 0 Å². The summed E-state index contributed by atoms with van der Waals surface area (Å²) in [4.78, 5) is 14.1. The molecule has 0 saturated carbocycles. The van der Waals surface area contributed by atoms with E-state index in [1.807, 2.05) is 13.8 Å². The van der Waals surface area contributed by atoms with Crippen LogP contribution in [0.1, 0.15) is 19.4 Å². The van der Waals surface area contributed by atoms with E-state index in [0.29, 0.717) is 19.1 Å². The summed E-state index contributed by atoms with van der Waals surface area (Å²) in [6.45, 7) is 5.30. The summed E-state index contributed by atoms with van der Waals surface area (Å²) in [5, 5.41) is 2.51. The average molecular weight is 301 g/mol. The first-order chi connectivity index (χ1) is 9.66. The smallest absolute Gasteiger partial charge is 0.399 e. The van der Waals surface area contributed by atoms with E-state index in [4.69, 9.17) is 5.73 Å². The molecule has 0 unspecified atom stereocenters. The van der Waals surface area contributed by atoms with Crippen molar-refractivity contribution in [3.05, 3.63) is 23.8 Å². The first-order valence-electron chi connectivity index (χ1n) is 6.69. The molecule has 0 aliphatic carbocycles. The molecule has 2 rings (SSSR count). The maximum Gasteiger partial charge on any atom is 0.416 e. The van der Waals surface area contributed by atoms with Gasteiger partial charge in [-0.2, -0.15) is 13.2 Å². The Morgan fingerprint density at radius 3 is 2.48 bits per heavy atom. The predicted molar refractivity (Wildman–Crippen MR) is 74.7 cm³/mol. The van der Waals surface area contributed by atoms with Gasteiger partial charge in [-0.25, -0.2) is 0 Å².